The van der Waals surface area contributed by atoms with Crippen molar-refractivity contribution in [2.24, 2.45) is 7.05 Å². The fraction of sp³-hybridized carbons (Fsp3) is 0.308. The number of hydrogen-bond donors (Lipinski definition) is 1. The number of hydrogen-bond acceptors (Lipinski definition) is 2. The lowest BCUT2D eigenvalue weighted by Gasteiger charge is -2.07. The average molecular weight is 312 g/mol. The molecule has 0 aliphatic heterocycles. The van der Waals surface area contributed by atoms with Crippen molar-refractivity contribution in [3.63, 3.8) is 0 Å². The van der Waals surface area contributed by atoms with Gasteiger partial charge in [0.05, 0.1) is 15.9 Å². The fourth-order valence-electron chi connectivity index (χ4n) is 1.83. The second-order valence-corrected chi connectivity index (χ2v) is 4.96. The molecule has 0 saturated heterocycles. The fourth-order valence-corrected chi connectivity index (χ4v) is 2.31. The first-order chi connectivity index (χ1) is 8.59. The minimum atomic E-state index is -0.176. The number of nitrogens with one attached hydrogen (secondary N) is 1. The first-order valence-electron chi connectivity index (χ1n) is 5.71. The third-order valence-electron chi connectivity index (χ3n) is 2.83. The summed E-state index contributed by atoms with van der Waals surface area (Å²) in [7, 11) is 1.90. The Morgan fingerprint density at radius 1 is 1.33 bits per heavy atom. The van der Waals surface area contributed by atoms with Crippen LogP contribution in [0.1, 0.15) is 17.0 Å². The molecule has 0 saturated carbocycles. The third kappa shape index (κ3) is 2.79. The summed E-state index contributed by atoms with van der Waals surface area (Å²) in [5.41, 5.74) is 2.69. The van der Waals surface area contributed by atoms with E-state index >= 15 is 0 Å². The van der Waals surface area contributed by atoms with Gasteiger partial charge in [-0.1, -0.05) is 18.2 Å². The molecule has 18 heavy (non-hydrogen) atoms. The van der Waals surface area contributed by atoms with E-state index in [1.54, 1.807) is 12.1 Å². The molecular formula is C13H15BrFN3. The minimum Gasteiger partial charge on any atom is -0.307 e. The highest BCUT2D eigenvalue weighted by molar-refractivity contribution is 9.10. The maximum Gasteiger partial charge on any atom is 0.127 e. The lowest BCUT2D eigenvalue weighted by molar-refractivity contribution is 0.576. The molecule has 1 aromatic carbocycles. The molecule has 2 aromatic rings. The van der Waals surface area contributed by atoms with E-state index in [-0.39, 0.29) is 5.82 Å². The minimum absolute atomic E-state index is 0.176. The highest BCUT2D eigenvalue weighted by atomic mass is 79.9. The normalized spacial score (nSPS) is 10.9. The van der Waals surface area contributed by atoms with E-state index < -0.39 is 0 Å². The second-order valence-electron chi connectivity index (χ2n) is 4.16. The standard InChI is InChI=1S/C13H15BrFN3/c1-9-13(14)12(18(2)17-9)8-16-7-10-5-3-4-6-11(10)15/h3-6,16H,7-8H2,1-2H3. The van der Waals surface area contributed by atoms with E-state index in [0.29, 0.717) is 18.7 Å². The van der Waals surface area contributed by atoms with Gasteiger partial charge < -0.3 is 5.32 Å². The number of aryl methyl sites for hydroxylation is 2. The molecule has 96 valence electrons. The van der Waals surface area contributed by atoms with E-state index in [1.165, 1.54) is 6.07 Å². The largest absolute Gasteiger partial charge is 0.307 e. The van der Waals surface area contributed by atoms with Gasteiger partial charge >= 0.3 is 0 Å². The number of nitrogens with zero attached hydrogens (tertiary/aromatic N) is 2. The van der Waals surface area contributed by atoms with Gasteiger partial charge in [0.15, 0.2) is 0 Å². The summed E-state index contributed by atoms with van der Waals surface area (Å²) in [6.45, 7) is 3.10. The summed E-state index contributed by atoms with van der Waals surface area (Å²) >= 11 is 3.50. The quantitative estimate of drug-likeness (QED) is 0.941. The van der Waals surface area contributed by atoms with Gasteiger partial charge in [0.1, 0.15) is 5.82 Å². The van der Waals surface area contributed by atoms with Crippen LogP contribution in [0.4, 0.5) is 4.39 Å². The highest BCUT2D eigenvalue weighted by Crippen LogP contribution is 2.20. The van der Waals surface area contributed by atoms with Crippen molar-refractivity contribution in [1.29, 1.82) is 0 Å². The molecule has 0 aliphatic rings. The topological polar surface area (TPSA) is 29.9 Å². The van der Waals surface area contributed by atoms with Gasteiger partial charge in [-0.15, -0.1) is 0 Å². The predicted octanol–water partition coefficient (Wildman–Crippen LogP) is 2.92. The van der Waals surface area contributed by atoms with Crippen molar-refractivity contribution in [3.8, 4) is 0 Å². The van der Waals surface area contributed by atoms with Crippen LogP contribution in [-0.2, 0) is 20.1 Å². The van der Waals surface area contributed by atoms with E-state index in [4.69, 9.17) is 0 Å². The van der Waals surface area contributed by atoms with Crippen molar-refractivity contribution in [2.45, 2.75) is 20.0 Å². The molecule has 0 aliphatic carbocycles. The van der Waals surface area contributed by atoms with Gasteiger partial charge in [-0.05, 0) is 28.9 Å². The third-order valence-corrected chi connectivity index (χ3v) is 3.86. The summed E-state index contributed by atoms with van der Waals surface area (Å²) in [5.74, 6) is -0.176. The molecule has 0 unspecified atom stereocenters. The molecule has 2 rings (SSSR count). The van der Waals surface area contributed by atoms with Crippen LogP contribution in [0.5, 0.6) is 0 Å². The first kappa shape index (κ1) is 13.2. The van der Waals surface area contributed by atoms with Crippen LogP contribution < -0.4 is 5.32 Å². The monoisotopic (exact) mass is 311 g/mol. The lowest BCUT2D eigenvalue weighted by Crippen LogP contribution is -2.16. The van der Waals surface area contributed by atoms with Crippen molar-refractivity contribution < 1.29 is 4.39 Å². The number of rotatable bonds is 4. The summed E-state index contributed by atoms with van der Waals surface area (Å²) < 4.78 is 16.2. The van der Waals surface area contributed by atoms with Gasteiger partial charge in [-0.25, -0.2) is 4.39 Å². The van der Waals surface area contributed by atoms with Gasteiger partial charge in [-0.3, -0.25) is 4.68 Å². The maximum absolute atomic E-state index is 13.4. The van der Waals surface area contributed by atoms with E-state index in [1.807, 2.05) is 24.7 Å². The van der Waals surface area contributed by atoms with E-state index in [0.717, 1.165) is 15.9 Å². The molecule has 0 atom stereocenters. The number of halogens is 2. The highest BCUT2D eigenvalue weighted by Gasteiger charge is 2.10. The molecule has 0 fully saturated rings. The molecule has 0 radical (unpaired) electrons. The Balaban J connectivity index is 1.99. The summed E-state index contributed by atoms with van der Waals surface area (Å²) in [5, 5.41) is 7.53. The molecule has 0 amide bonds. The molecular weight excluding hydrogens is 297 g/mol. The number of benzene rings is 1. The summed E-state index contributed by atoms with van der Waals surface area (Å²) in [6.07, 6.45) is 0. The molecule has 0 bridgehead atoms. The zero-order valence-electron chi connectivity index (χ0n) is 10.4. The van der Waals surface area contributed by atoms with Gasteiger partial charge in [0.2, 0.25) is 0 Å². The van der Waals surface area contributed by atoms with Gasteiger partial charge in [-0.2, -0.15) is 5.10 Å². The molecule has 1 aromatic heterocycles. The Bertz CT molecular complexity index is 551. The van der Waals surface area contributed by atoms with Crippen LogP contribution in [0.2, 0.25) is 0 Å². The Kier molecular flexibility index (Phi) is 4.14. The Labute approximate surface area is 114 Å². The van der Waals surface area contributed by atoms with Crippen molar-refractivity contribution in [3.05, 3.63) is 51.5 Å². The zero-order chi connectivity index (χ0) is 13.1. The van der Waals surface area contributed by atoms with E-state index in [2.05, 4.69) is 26.3 Å². The number of aromatic nitrogens is 2. The van der Waals surface area contributed by atoms with Crippen LogP contribution in [0, 0.1) is 12.7 Å². The van der Waals surface area contributed by atoms with Crippen molar-refractivity contribution >= 4 is 15.9 Å². The Morgan fingerprint density at radius 2 is 2.06 bits per heavy atom. The van der Waals surface area contributed by atoms with Gasteiger partial charge in [0, 0.05) is 25.7 Å². The average Bonchev–Trinajstić information content (AvgIpc) is 2.58. The van der Waals surface area contributed by atoms with Crippen molar-refractivity contribution in [2.75, 3.05) is 0 Å². The lowest BCUT2D eigenvalue weighted by atomic mass is 10.2. The van der Waals surface area contributed by atoms with Crippen LogP contribution in [0.3, 0.4) is 0 Å². The maximum atomic E-state index is 13.4. The molecule has 1 N–H and O–H groups in total. The Hall–Kier alpha value is -1.20. The molecule has 3 nitrogen and oxygen atoms in total. The first-order valence-corrected chi connectivity index (χ1v) is 6.51. The zero-order valence-corrected chi connectivity index (χ0v) is 12.0. The van der Waals surface area contributed by atoms with Gasteiger partial charge in [0.25, 0.3) is 0 Å². The SMILES string of the molecule is Cc1nn(C)c(CNCc2ccccc2F)c1Br. The predicted molar refractivity (Wildman–Crippen MR) is 72.6 cm³/mol. The van der Waals surface area contributed by atoms with E-state index in [9.17, 15) is 4.39 Å². The molecule has 5 heteroatoms. The Morgan fingerprint density at radius 3 is 2.67 bits per heavy atom. The van der Waals surface area contributed by atoms with Crippen molar-refractivity contribution in [1.82, 2.24) is 15.1 Å². The molecule has 1 heterocycles. The summed E-state index contributed by atoms with van der Waals surface area (Å²) in [6, 6.07) is 6.79. The second kappa shape index (κ2) is 5.63. The molecule has 0 spiro atoms. The van der Waals surface area contributed by atoms with Crippen LogP contribution >= 0.6 is 15.9 Å². The van der Waals surface area contributed by atoms with Crippen LogP contribution in [0.15, 0.2) is 28.7 Å². The summed E-state index contributed by atoms with van der Waals surface area (Å²) in [4.78, 5) is 0. The van der Waals surface area contributed by atoms with Crippen LogP contribution in [-0.4, -0.2) is 9.78 Å². The van der Waals surface area contributed by atoms with Crippen LogP contribution in [0.25, 0.3) is 0 Å². The smallest absolute Gasteiger partial charge is 0.127 e.